The minimum absolute atomic E-state index is 0.0533. The molecule has 0 bridgehead atoms. The molecule has 2 aromatic carbocycles. The van der Waals surface area contributed by atoms with Gasteiger partial charge in [0.05, 0.1) is 5.54 Å². The van der Waals surface area contributed by atoms with E-state index in [1.54, 1.807) is 5.57 Å². The quantitative estimate of drug-likeness (QED) is 0.413. The van der Waals surface area contributed by atoms with Crippen molar-refractivity contribution in [1.29, 1.82) is 0 Å². The summed E-state index contributed by atoms with van der Waals surface area (Å²) < 4.78 is 0. The van der Waals surface area contributed by atoms with Crippen LogP contribution in [0.5, 0.6) is 0 Å². The van der Waals surface area contributed by atoms with E-state index in [-0.39, 0.29) is 5.54 Å². The molecule has 0 aliphatic heterocycles. The number of para-hydroxylation sites is 1. The van der Waals surface area contributed by atoms with E-state index in [1.807, 2.05) is 0 Å². The fourth-order valence-corrected chi connectivity index (χ4v) is 4.80. The van der Waals surface area contributed by atoms with Crippen molar-refractivity contribution >= 4 is 11.3 Å². The lowest BCUT2D eigenvalue weighted by Crippen LogP contribution is -2.36. The molecular weight excluding hydrogens is 338 g/mol. The second kappa shape index (κ2) is 9.96. The Morgan fingerprint density at radius 2 is 1.54 bits per heavy atom. The highest BCUT2D eigenvalue weighted by Crippen LogP contribution is 2.52. The fourth-order valence-electron chi connectivity index (χ4n) is 4.80. The van der Waals surface area contributed by atoms with E-state index in [1.165, 1.54) is 68.2 Å². The molecule has 1 heteroatoms. The van der Waals surface area contributed by atoms with Crippen LogP contribution in [-0.4, -0.2) is 0 Å². The van der Waals surface area contributed by atoms with Gasteiger partial charge in [-0.3, -0.25) is 0 Å². The Hall–Kier alpha value is -2.02. The number of anilines is 1. The monoisotopic (exact) mass is 375 g/mol. The van der Waals surface area contributed by atoms with Gasteiger partial charge in [0.25, 0.3) is 0 Å². The molecule has 0 radical (unpaired) electrons. The Morgan fingerprint density at radius 1 is 0.857 bits per heavy atom. The number of allylic oxidation sites excluding steroid dienone is 1. The number of nitrogens with one attached hydrogen (secondary N) is 1. The van der Waals surface area contributed by atoms with Crippen molar-refractivity contribution in [3.05, 3.63) is 71.8 Å². The van der Waals surface area contributed by atoms with Gasteiger partial charge in [-0.2, -0.15) is 0 Å². The van der Waals surface area contributed by atoms with Crippen LogP contribution in [0.15, 0.2) is 60.7 Å². The van der Waals surface area contributed by atoms with Crippen LogP contribution in [-0.2, 0) is 5.54 Å². The van der Waals surface area contributed by atoms with Gasteiger partial charge in [0.2, 0.25) is 0 Å². The fraction of sp³-hybridized carbons (Fsp3) is 0.481. The summed E-state index contributed by atoms with van der Waals surface area (Å²) in [6, 6.07) is 19.8. The lowest BCUT2D eigenvalue weighted by molar-refractivity contribution is 0.390. The Bertz CT molecular complexity index is 761. The molecule has 0 heterocycles. The van der Waals surface area contributed by atoms with Gasteiger partial charge in [-0.15, -0.1) is 0 Å². The predicted octanol–water partition coefficient (Wildman–Crippen LogP) is 8.19. The van der Waals surface area contributed by atoms with Crippen molar-refractivity contribution in [2.24, 2.45) is 5.92 Å². The van der Waals surface area contributed by atoms with Gasteiger partial charge in [0.1, 0.15) is 0 Å². The summed E-state index contributed by atoms with van der Waals surface area (Å²) in [5.41, 5.74) is 5.66. The van der Waals surface area contributed by atoms with Gasteiger partial charge >= 0.3 is 0 Å². The molecule has 1 aliphatic rings. The van der Waals surface area contributed by atoms with E-state index in [2.05, 4.69) is 86.8 Å². The molecule has 3 rings (SSSR count). The number of benzene rings is 2. The lowest BCUT2D eigenvalue weighted by atomic mass is 9.80. The first kappa shape index (κ1) is 20.7. The van der Waals surface area contributed by atoms with Crippen LogP contribution in [0.3, 0.4) is 0 Å². The van der Waals surface area contributed by atoms with Crippen molar-refractivity contribution in [3.8, 4) is 0 Å². The predicted molar refractivity (Wildman–Crippen MR) is 124 cm³/mol. The zero-order valence-electron chi connectivity index (χ0n) is 18.0. The van der Waals surface area contributed by atoms with Gasteiger partial charge in [0.15, 0.2) is 0 Å². The first-order valence-electron chi connectivity index (χ1n) is 11.3. The Labute approximate surface area is 172 Å². The van der Waals surface area contributed by atoms with E-state index in [9.17, 15) is 0 Å². The average molecular weight is 376 g/mol. The summed E-state index contributed by atoms with van der Waals surface area (Å²) in [6.07, 6.45) is 12.8. The maximum atomic E-state index is 3.94. The molecule has 0 amide bonds. The minimum atomic E-state index is -0.0533. The second-order valence-corrected chi connectivity index (χ2v) is 8.44. The van der Waals surface area contributed by atoms with Crippen LogP contribution < -0.4 is 5.32 Å². The van der Waals surface area contributed by atoms with Gasteiger partial charge in [-0.1, -0.05) is 94.5 Å². The topological polar surface area (TPSA) is 12.0 Å². The van der Waals surface area contributed by atoms with E-state index in [0.717, 1.165) is 0 Å². The zero-order valence-corrected chi connectivity index (χ0v) is 18.0. The Kier molecular flexibility index (Phi) is 7.36. The SMILES string of the molecule is CCCCC/C=C1\c2ccccc2[C@@](C)(Nc2ccccc2)[C@H]1CCCCC. The first-order chi connectivity index (χ1) is 13.7. The summed E-state index contributed by atoms with van der Waals surface area (Å²) in [4.78, 5) is 0. The lowest BCUT2D eigenvalue weighted by Gasteiger charge is -2.35. The highest BCUT2D eigenvalue weighted by molar-refractivity contribution is 5.79. The van der Waals surface area contributed by atoms with Gasteiger partial charge in [-0.25, -0.2) is 0 Å². The molecule has 0 saturated heterocycles. The maximum absolute atomic E-state index is 3.94. The summed E-state index contributed by atoms with van der Waals surface area (Å²) in [6.45, 7) is 7.00. The standard InChI is InChI=1S/C27H37N/c1-4-6-8-13-18-23-24-19-14-15-21-26(24)27(3,25(23)20-10-7-5-2)28-22-16-11-9-12-17-22/h9,11-12,14-19,21,25,28H,4-8,10,13,20H2,1-3H3/b23-18+/t25-,27-/m0/s1. The van der Waals surface area contributed by atoms with Crippen molar-refractivity contribution < 1.29 is 0 Å². The van der Waals surface area contributed by atoms with Crippen LogP contribution in [0.1, 0.15) is 83.3 Å². The molecule has 1 nitrogen and oxygen atoms in total. The largest absolute Gasteiger partial charge is 0.375 e. The molecule has 0 fully saturated rings. The van der Waals surface area contributed by atoms with Crippen molar-refractivity contribution in [2.75, 3.05) is 5.32 Å². The molecule has 0 spiro atoms. The number of hydrogen-bond donors (Lipinski definition) is 1. The molecule has 28 heavy (non-hydrogen) atoms. The Balaban J connectivity index is 1.97. The molecular formula is C27H37N. The third-order valence-electron chi connectivity index (χ3n) is 6.32. The second-order valence-electron chi connectivity index (χ2n) is 8.44. The number of rotatable bonds is 10. The van der Waals surface area contributed by atoms with Crippen LogP contribution in [0.2, 0.25) is 0 Å². The van der Waals surface area contributed by atoms with Gasteiger partial charge < -0.3 is 5.32 Å². The summed E-state index contributed by atoms with van der Waals surface area (Å²) in [5.74, 6) is 0.526. The van der Waals surface area contributed by atoms with Crippen LogP contribution in [0.4, 0.5) is 5.69 Å². The molecule has 1 aliphatic carbocycles. The van der Waals surface area contributed by atoms with Crippen molar-refractivity contribution in [2.45, 2.75) is 77.7 Å². The Morgan fingerprint density at radius 3 is 2.29 bits per heavy atom. The molecule has 150 valence electrons. The highest BCUT2D eigenvalue weighted by Gasteiger charge is 2.45. The number of unbranched alkanes of at least 4 members (excludes halogenated alkanes) is 5. The van der Waals surface area contributed by atoms with Gasteiger partial charge in [0, 0.05) is 11.6 Å². The van der Waals surface area contributed by atoms with Crippen molar-refractivity contribution in [3.63, 3.8) is 0 Å². The number of fused-ring (bicyclic) bond motifs is 1. The van der Waals surface area contributed by atoms with Crippen LogP contribution in [0.25, 0.3) is 5.57 Å². The highest BCUT2D eigenvalue weighted by atomic mass is 15.0. The third kappa shape index (κ3) is 4.51. The summed E-state index contributed by atoms with van der Waals surface area (Å²) in [5, 5.41) is 3.94. The molecule has 2 aromatic rings. The molecule has 0 aromatic heterocycles. The minimum Gasteiger partial charge on any atom is -0.375 e. The number of hydrogen-bond acceptors (Lipinski definition) is 1. The molecule has 2 atom stereocenters. The van der Waals surface area contributed by atoms with E-state index in [4.69, 9.17) is 0 Å². The molecule has 0 unspecified atom stereocenters. The van der Waals surface area contributed by atoms with E-state index >= 15 is 0 Å². The maximum Gasteiger partial charge on any atom is 0.0671 e. The molecule has 0 saturated carbocycles. The zero-order chi connectivity index (χ0) is 19.8. The van der Waals surface area contributed by atoms with E-state index in [0.29, 0.717) is 5.92 Å². The van der Waals surface area contributed by atoms with Crippen LogP contribution >= 0.6 is 0 Å². The van der Waals surface area contributed by atoms with E-state index < -0.39 is 0 Å². The normalized spacial score (nSPS) is 22.4. The average Bonchev–Trinajstić information content (AvgIpc) is 2.95. The molecule has 1 N–H and O–H groups in total. The third-order valence-corrected chi connectivity index (χ3v) is 6.32. The van der Waals surface area contributed by atoms with Crippen LogP contribution in [0, 0.1) is 5.92 Å². The first-order valence-corrected chi connectivity index (χ1v) is 11.3. The van der Waals surface area contributed by atoms with Crippen molar-refractivity contribution in [1.82, 2.24) is 0 Å². The summed E-state index contributed by atoms with van der Waals surface area (Å²) >= 11 is 0. The summed E-state index contributed by atoms with van der Waals surface area (Å²) in [7, 11) is 0. The van der Waals surface area contributed by atoms with Gasteiger partial charge in [-0.05, 0) is 55.0 Å². The smallest absolute Gasteiger partial charge is 0.0671 e.